The van der Waals surface area contributed by atoms with Crippen LogP contribution in [-0.4, -0.2) is 28.0 Å². The zero-order valence-electron chi connectivity index (χ0n) is 10.8. The molecule has 1 aromatic heterocycles. The normalized spacial score (nSPS) is 11.5. The Morgan fingerprint density at radius 1 is 1.05 bits per heavy atom. The Morgan fingerprint density at radius 2 is 1.68 bits per heavy atom. The average molecular weight is 259 g/mol. The van der Waals surface area contributed by atoms with Gasteiger partial charge in [-0.15, -0.1) is 0 Å². The maximum absolute atomic E-state index is 11.9. The molecule has 4 nitrogen and oxygen atoms in total. The second-order valence-electron chi connectivity index (χ2n) is 4.84. The van der Waals surface area contributed by atoms with Gasteiger partial charge in [-0.2, -0.15) is 0 Å². The summed E-state index contributed by atoms with van der Waals surface area (Å²) >= 11 is 0. The van der Waals surface area contributed by atoms with Gasteiger partial charge in [0.2, 0.25) is 0 Å². The number of aliphatic hydroxyl groups is 2. The summed E-state index contributed by atoms with van der Waals surface area (Å²) in [5.74, 6) is 0. The molecule has 2 aromatic rings. The van der Waals surface area contributed by atoms with Crippen LogP contribution in [0.5, 0.6) is 0 Å². The molecule has 2 N–H and O–H groups in total. The van der Waals surface area contributed by atoms with Crippen LogP contribution in [-0.2, 0) is 5.41 Å². The highest BCUT2D eigenvalue weighted by Crippen LogP contribution is 2.22. The molecule has 0 saturated carbocycles. The van der Waals surface area contributed by atoms with Crippen LogP contribution in [0.4, 0.5) is 0 Å². The fraction of sp³-hybridized carbons (Fsp3) is 0.267. The van der Waals surface area contributed by atoms with Crippen molar-refractivity contribution in [1.29, 1.82) is 0 Å². The number of nitrogens with zero attached hydrogens (tertiary/aromatic N) is 1. The lowest BCUT2D eigenvalue weighted by molar-refractivity contribution is 0.129. The summed E-state index contributed by atoms with van der Waals surface area (Å²) in [4.78, 5) is 11.9. The number of rotatable bonds is 4. The van der Waals surface area contributed by atoms with E-state index in [-0.39, 0.29) is 18.8 Å². The van der Waals surface area contributed by atoms with Gasteiger partial charge < -0.3 is 10.2 Å². The molecule has 0 unspecified atom stereocenters. The first-order valence-electron chi connectivity index (χ1n) is 6.11. The minimum Gasteiger partial charge on any atom is -0.395 e. The summed E-state index contributed by atoms with van der Waals surface area (Å²) in [5, 5.41) is 18.8. The molecule has 0 amide bonds. The Balaban J connectivity index is 2.56. The minimum atomic E-state index is -0.760. The molecular weight excluding hydrogens is 242 g/mol. The smallest absolute Gasteiger partial charge is 0.255 e. The zero-order chi connectivity index (χ0) is 13.9. The predicted octanol–water partition coefficient (Wildman–Crippen LogP) is 1.08. The third-order valence-electron chi connectivity index (χ3n) is 3.34. The van der Waals surface area contributed by atoms with Gasteiger partial charge in [0.25, 0.3) is 5.56 Å². The van der Waals surface area contributed by atoms with Crippen LogP contribution in [0.15, 0.2) is 53.5 Å². The Labute approximate surface area is 111 Å². The standard InChI is InChI=1S/C15H17NO3/c1-15(10-17,11-18)12-7-8-14(19)16(9-12)13-5-3-2-4-6-13/h2-9,17-18H,10-11H2,1H3. The summed E-state index contributed by atoms with van der Waals surface area (Å²) in [6.45, 7) is 1.38. The number of hydrogen-bond acceptors (Lipinski definition) is 3. The lowest BCUT2D eigenvalue weighted by Gasteiger charge is -2.25. The van der Waals surface area contributed by atoms with Crippen LogP contribution in [0.25, 0.3) is 5.69 Å². The number of aromatic nitrogens is 1. The highest BCUT2D eigenvalue weighted by Gasteiger charge is 2.25. The van der Waals surface area contributed by atoms with Crippen molar-refractivity contribution in [3.8, 4) is 5.69 Å². The molecule has 19 heavy (non-hydrogen) atoms. The van der Waals surface area contributed by atoms with Gasteiger partial charge in [0.15, 0.2) is 0 Å². The van der Waals surface area contributed by atoms with E-state index in [1.165, 1.54) is 10.6 Å². The van der Waals surface area contributed by atoms with Gasteiger partial charge in [0, 0.05) is 23.4 Å². The predicted molar refractivity (Wildman–Crippen MR) is 73.6 cm³/mol. The summed E-state index contributed by atoms with van der Waals surface area (Å²) in [6.07, 6.45) is 1.67. The van der Waals surface area contributed by atoms with Crippen molar-refractivity contribution in [2.75, 3.05) is 13.2 Å². The molecule has 0 saturated heterocycles. The quantitative estimate of drug-likeness (QED) is 0.863. The number of hydrogen-bond donors (Lipinski definition) is 2. The molecule has 0 aliphatic heterocycles. The van der Waals surface area contributed by atoms with E-state index < -0.39 is 5.41 Å². The van der Waals surface area contributed by atoms with Crippen LogP contribution in [0.2, 0.25) is 0 Å². The summed E-state index contributed by atoms with van der Waals surface area (Å²) in [6, 6.07) is 12.3. The Morgan fingerprint density at radius 3 is 2.26 bits per heavy atom. The SMILES string of the molecule is CC(CO)(CO)c1ccc(=O)n(-c2ccccc2)c1. The van der Waals surface area contributed by atoms with E-state index >= 15 is 0 Å². The van der Waals surface area contributed by atoms with Crippen LogP contribution in [0.3, 0.4) is 0 Å². The molecule has 100 valence electrons. The van der Waals surface area contributed by atoms with E-state index in [0.29, 0.717) is 0 Å². The maximum Gasteiger partial charge on any atom is 0.255 e. The van der Waals surface area contributed by atoms with Crippen molar-refractivity contribution < 1.29 is 10.2 Å². The van der Waals surface area contributed by atoms with Crippen LogP contribution < -0.4 is 5.56 Å². The molecular formula is C15H17NO3. The van der Waals surface area contributed by atoms with Gasteiger partial charge in [0.05, 0.1) is 13.2 Å². The molecule has 0 radical (unpaired) electrons. The molecule has 4 heteroatoms. The molecule has 0 atom stereocenters. The van der Waals surface area contributed by atoms with E-state index in [1.807, 2.05) is 30.3 Å². The van der Waals surface area contributed by atoms with Crippen molar-refractivity contribution in [1.82, 2.24) is 4.57 Å². The monoisotopic (exact) mass is 259 g/mol. The first-order chi connectivity index (χ1) is 9.10. The molecule has 0 aliphatic rings. The van der Waals surface area contributed by atoms with Crippen molar-refractivity contribution in [3.63, 3.8) is 0 Å². The molecule has 0 bridgehead atoms. The molecule has 0 spiro atoms. The van der Waals surface area contributed by atoms with E-state index in [2.05, 4.69) is 0 Å². The van der Waals surface area contributed by atoms with Crippen LogP contribution in [0, 0.1) is 0 Å². The van der Waals surface area contributed by atoms with Crippen molar-refractivity contribution in [3.05, 3.63) is 64.6 Å². The van der Waals surface area contributed by atoms with E-state index in [1.54, 1.807) is 19.2 Å². The Bertz CT molecular complexity index is 600. The topological polar surface area (TPSA) is 62.5 Å². The first-order valence-corrected chi connectivity index (χ1v) is 6.11. The Kier molecular flexibility index (Phi) is 3.83. The van der Waals surface area contributed by atoms with E-state index in [9.17, 15) is 15.0 Å². The van der Waals surface area contributed by atoms with Gasteiger partial charge in [-0.1, -0.05) is 31.2 Å². The highest BCUT2D eigenvalue weighted by atomic mass is 16.3. The second-order valence-corrected chi connectivity index (χ2v) is 4.84. The fourth-order valence-corrected chi connectivity index (χ4v) is 1.87. The number of aliphatic hydroxyl groups excluding tert-OH is 2. The molecule has 1 aromatic carbocycles. The van der Waals surface area contributed by atoms with Crippen LogP contribution >= 0.6 is 0 Å². The average Bonchev–Trinajstić information content (AvgIpc) is 2.48. The summed E-state index contributed by atoms with van der Waals surface area (Å²) < 4.78 is 1.51. The van der Waals surface area contributed by atoms with Crippen molar-refractivity contribution in [2.24, 2.45) is 0 Å². The maximum atomic E-state index is 11.9. The summed E-state index contributed by atoms with van der Waals surface area (Å²) in [5.41, 5.74) is 0.575. The van der Waals surface area contributed by atoms with Crippen molar-refractivity contribution >= 4 is 0 Å². The van der Waals surface area contributed by atoms with Gasteiger partial charge in [-0.3, -0.25) is 9.36 Å². The molecule has 0 aliphatic carbocycles. The van der Waals surface area contributed by atoms with E-state index in [4.69, 9.17) is 0 Å². The lowest BCUT2D eigenvalue weighted by atomic mass is 9.85. The van der Waals surface area contributed by atoms with Gasteiger partial charge >= 0.3 is 0 Å². The number of benzene rings is 1. The van der Waals surface area contributed by atoms with Gasteiger partial charge in [0.1, 0.15) is 0 Å². The van der Waals surface area contributed by atoms with Crippen LogP contribution in [0.1, 0.15) is 12.5 Å². The number of pyridine rings is 1. The summed E-state index contributed by atoms with van der Waals surface area (Å²) in [7, 11) is 0. The lowest BCUT2D eigenvalue weighted by Crippen LogP contribution is -2.32. The third-order valence-corrected chi connectivity index (χ3v) is 3.34. The molecule has 0 fully saturated rings. The first kappa shape index (κ1) is 13.5. The van der Waals surface area contributed by atoms with Crippen molar-refractivity contribution in [2.45, 2.75) is 12.3 Å². The fourth-order valence-electron chi connectivity index (χ4n) is 1.87. The molecule has 1 heterocycles. The van der Waals surface area contributed by atoms with Gasteiger partial charge in [-0.25, -0.2) is 0 Å². The Hall–Kier alpha value is -1.91. The third kappa shape index (κ3) is 2.59. The number of para-hydroxylation sites is 1. The highest BCUT2D eigenvalue weighted by molar-refractivity contribution is 5.34. The second kappa shape index (κ2) is 5.38. The largest absolute Gasteiger partial charge is 0.395 e. The minimum absolute atomic E-state index is 0.145. The molecule has 2 rings (SSSR count). The zero-order valence-corrected chi connectivity index (χ0v) is 10.8. The van der Waals surface area contributed by atoms with E-state index in [0.717, 1.165) is 11.3 Å². The van der Waals surface area contributed by atoms with Gasteiger partial charge in [-0.05, 0) is 17.7 Å².